The Hall–Kier alpha value is -2.23. The van der Waals surface area contributed by atoms with Crippen LogP contribution in [-0.2, 0) is 41.3 Å². The Labute approximate surface area is 174 Å². The monoisotopic (exact) mass is 432 g/mol. The maximum Gasteiger partial charge on any atom is 0.230 e. The summed E-state index contributed by atoms with van der Waals surface area (Å²) in [5.74, 6) is -0.126. The summed E-state index contributed by atoms with van der Waals surface area (Å²) in [4.78, 5) is 18.0. The first-order chi connectivity index (χ1) is 13.8. The number of aromatic nitrogens is 2. The van der Waals surface area contributed by atoms with Crippen molar-refractivity contribution in [3.63, 3.8) is 0 Å². The van der Waals surface area contributed by atoms with Crippen molar-refractivity contribution in [1.29, 1.82) is 0 Å². The standard InChI is InChI=1S/C20H24N4O3S2/c1-13(2)29(26,27)24-9-8-16-18(12-24)28-20(21-16)22-19(25)10-14-11-23(3)17-7-5-4-6-15(14)17/h4-7,11,13H,8-10,12H2,1-3H3,(H,21,22,25). The number of nitrogens with one attached hydrogen (secondary N) is 1. The highest BCUT2D eigenvalue weighted by Crippen LogP contribution is 2.30. The van der Waals surface area contributed by atoms with Gasteiger partial charge in [-0.25, -0.2) is 13.4 Å². The molecule has 1 aromatic carbocycles. The van der Waals surface area contributed by atoms with Crippen molar-refractivity contribution in [3.8, 4) is 0 Å². The van der Waals surface area contributed by atoms with Crippen molar-refractivity contribution in [2.75, 3.05) is 11.9 Å². The highest BCUT2D eigenvalue weighted by atomic mass is 32.2. The van der Waals surface area contributed by atoms with Crippen molar-refractivity contribution >= 4 is 43.3 Å². The van der Waals surface area contributed by atoms with E-state index in [9.17, 15) is 13.2 Å². The van der Waals surface area contributed by atoms with Crippen LogP contribution in [0.4, 0.5) is 5.13 Å². The summed E-state index contributed by atoms with van der Waals surface area (Å²) >= 11 is 1.36. The van der Waals surface area contributed by atoms with Gasteiger partial charge in [0.1, 0.15) is 0 Å². The number of sulfonamides is 1. The molecule has 1 N–H and O–H groups in total. The molecule has 2 aromatic heterocycles. The van der Waals surface area contributed by atoms with Gasteiger partial charge >= 0.3 is 0 Å². The fourth-order valence-corrected chi connectivity index (χ4v) is 6.02. The lowest BCUT2D eigenvalue weighted by Crippen LogP contribution is -2.39. The smallest absolute Gasteiger partial charge is 0.230 e. The van der Waals surface area contributed by atoms with Crippen LogP contribution in [0.25, 0.3) is 10.9 Å². The normalized spacial score (nSPS) is 15.0. The van der Waals surface area contributed by atoms with Gasteiger partial charge in [-0.1, -0.05) is 18.2 Å². The maximum atomic E-state index is 12.6. The van der Waals surface area contributed by atoms with Gasteiger partial charge in [-0.05, 0) is 25.5 Å². The van der Waals surface area contributed by atoms with E-state index in [0.29, 0.717) is 24.6 Å². The number of hydrogen-bond donors (Lipinski definition) is 1. The van der Waals surface area contributed by atoms with E-state index < -0.39 is 15.3 Å². The zero-order valence-electron chi connectivity index (χ0n) is 16.7. The minimum atomic E-state index is -3.29. The molecule has 0 unspecified atom stereocenters. The van der Waals surface area contributed by atoms with E-state index in [0.717, 1.165) is 27.0 Å². The van der Waals surface area contributed by atoms with Crippen LogP contribution in [0.3, 0.4) is 0 Å². The van der Waals surface area contributed by atoms with E-state index in [-0.39, 0.29) is 12.3 Å². The molecule has 0 saturated carbocycles. The van der Waals surface area contributed by atoms with Crippen molar-refractivity contribution in [3.05, 3.63) is 46.6 Å². The minimum absolute atomic E-state index is 0.126. The Morgan fingerprint density at radius 2 is 2.07 bits per heavy atom. The van der Waals surface area contributed by atoms with E-state index >= 15 is 0 Å². The van der Waals surface area contributed by atoms with E-state index in [1.165, 1.54) is 15.6 Å². The lowest BCUT2D eigenvalue weighted by Gasteiger charge is -2.26. The van der Waals surface area contributed by atoms with E-state index in [2.05, 4.69) is 10.3 Å². The SMILES string of the molecule is CC(C)S(=O)(=O)N1CCc2nc(NC(=O)Cc3cn(C)c4ccccc34)sc2C1. The number of anilines is 1. The van der Waals surface area contributed by atoms with Crippen LogP contribution in [0.5, 0.6) is 0 Å². The van der Waals surface area contributed by atoms with Gasteiger partial charge in [-0.2, -0.15) is 4.31 Å². The first kappa shape index (κ1) is 20.1. The number of para-hydroxylation sites is 1. The molecule has 154 valence electrons. The zero-order valence-corrected chi connectivity index (χ0v) is 18.3. The third kappa shape index (κ3) is 3.82. The van der Waals surface area contributed by atoms with Crippen molar-refractivity contribution in [1.82, 2.24) is 13.9 Å². The molecule has 3 aromatic rings. The Morgan fingerprint density at radius 3 is 2.83 bits per heavy atom. The highest BCUT2D eigenvalue weighted by Gasteiger charge is 2.31. The van der Waals surface area contributed by atoms with Gasteiger partial charge < -0.3 is 9.88 Å². The van der Waals surface area contributed by atoms with Gasteiger partial charge in [0.25, 0.3) is 0 Å². The quantitative estimate of drug-likeness (QED) is 0.672. The Kier molecular flexibility index (Phi) is 5.22. The molecule has 1 aliphatic heterocycles. The van der Waals surface area contributed by atoms with E-state index in [1.54, 1.807) is 13.8 Å². The fourth-order valence-electron chi connectivity index (χ4n) is 3.64. The number of hydrogen-bond acceptors (Lipinski definition) is 5. The second-order valence-corrected chi connectivity index (χ2v) is 11.1. The first-order valence-electron chi connectivity index (χ1n) is 9.56. The molecule has 0 radical (unpaired) electrons. The van der Waals surface area contributed by atoms with E-state index in [4.69, 9.17) is 0 Å². The number of rotatable bonds is 5. The van der Waals surface area contributed by atoms with Crippen LogP contribution in [-0.4, -0.2) is 40.0 Å². The predicted octanol–water partition coefficient (Wildman–Crippen LogP) is 2.91. The van der Waals surface area contributed by atoms with Crippen molar-refractivity contribution in [2.24, 2.45) is 7.05 Å². The highest BCUT2D eigenvalue weighted by molar-refractivity contribution is 7.89. The lowest BCUT2D eigenvalue weighted by atomic mass is 10.1. The summed E-state index contributed by atoms with van der Waals surface area (Å²) in [6, 6.07) is 8.00. The molecule has 9 heteroatoms. The first-order valence-corrected chi connectivity index (χ1v) is 11.9. The topological polar surface area (TPSA) is 84.3 Å². The summed E-state index contributed by atoms with van der Waals surface area (Å²) in [7, 11) is -1.33. The van der Waals surface area contributed by atoms with Crippen molar-refractivity contribution < 1.29 is 13.2 Å². The van der Waals surface area contributed by atoms with Crippen LogP contribution in [0.1, 0.15) is 30.0 Å². The number of aryl methyl sites for hydroxylation is 1. The summed E-state index contributed by atoms with van der Waals surface area (Å²) in [5.41, 5.74) is 2.94. The lowest BCUT2D eigenvalue weighted by molar-refractivity contribution is -0.115. The average Bonchev–Trinajstić information content (AvgIpc) is 3.21. The molecular weight excluding hydrogens is 408 g/mol. The number of fused-ring (bicyclic) bond motifs is 2. The van der Waals surface area contributed by atoms with Crippen LogP contribution < -0.4 is 5.32 Å². The van der Waals surface area contributed by atoms with Crippen LogP contribution in [0.2, 0.25) is 0 Å². The van der Waals surface area contributed by atoms with Crippen LogP contribution in [0.15, 0.2) is 30.5 Å². The van der Waals surface area contributed by atoms with Crippen molar-refractivity contribution in [2.45, 2.75) is 38.5 Å². The largest absolute Gasteiger partial charge is 0.350 e. The van der Waals surface area contributed by atoms with Gasteiger partial charge in [0.15, 0.2) is 5.13 Å². The number of thiazole rings is 1. The summed E-state index contributed by atoms with van der Waals surface area (Å²) in [6.07, 6.45) is 2.81. The number of amides is 1. The predicted molar refractivity (Wildman–Crippen MR) is 116 cm³/mol. The number of carbonyl (C=O) groups is 1. The molecule has 7 nitrogen and oxygen atoms in total. The summed E-state index contributed by atoms with van der Waals surface area (Å²) < 4.78 is 28.4. The molecule has 0 saturated heterocycles. The number of carbonyl (C=O) groups excluding carboxylic acids is 1. The molecular formula is C20H24N4O3S2. The molecule has 0 spiro atoms. The Balaban J connectivity index is 1.47. The molecule has 0 atom stereocenters. The second-order valence-electron chi connectivity index (χ2n) is 7.57. The average molecular weight is 433 g/mol. The fraction of sp³-hybridized carbons (Fsp3) is 0.400. The molecule has 0 fully saturated rings. The Morgan fingerprint density at radius 1 is 1.31 bits per heavy atom. The summed E-state index contributed by atoms with van der Waals surface area (Å²) in [5, 5.41) is 4.04. The molecule has 0 bridgehead atoms. The third-order valence-electron chi connectivity index (χ3n) is 5.23. The van der Waals surface area contributed by atoms with Gasteiger partial charge in [0.2, 0.25) is 15.9 Å². The second kappa shape index (κ2) is 7.55. The molecule has 3 heterocycles. The molecule has 0 aliphatic carbocycles. The maximum absolute atomic E-state index is 12.6. The molecule has 1 aliphatic rings. The minimum Gasteiger partial charge on any atom is -0.350 e. The van der Waals surface area contributed by atoms with Gasteiger partial charge in [0, 0.05) is 48.5 Å². The number of nitrogens with zero attached hydrogens (tertiary/aromatic N) is 3. The Bertz CT molecular complexity index is 1180. The molecule has 1 amide bonds. The van der Waals surface area contributed by atoms with Gasteiger partial charge in [-0.3, -0.25) is 4.79 Å². The van der Waals surface area contributed by atoms with Gasteiger partial charge in [-0.15, -0.1) is 11.3 Å². The third-order valence-corrected chi connectivity index (χ3v) is 8.45. The summed E-state index contributed by atoms with van der Waals surface area (Å²) in [6.45, 7) is 4.14. The van der Waals surface area contributed by atoms with Gasteiger partial charge in [0.05, 0.1) is 17.4 Å². The van der Waals surface area contributed by atoms with Crippen LogP contribution in [0, 0.1) is 0 Å². The molecule has 4 rings (SSSR count). The zero-order chi connectivity index (χ0) is 20.8. The number of benzene rings is 1. The van der Waals surface area contributed by atoms with Crippen LogP contribution >= 0.6 is 11.3 Å². The molecule has 29 heavy (non-hydrogen) atoms. The van der Waals surface area contributed by atoms with E-state index in [1.807, 2.05) is 42.1 Å².